The molecule has 1 aliphatic rings. The number of halogens is 1. The number of hydrogen-bond donors (Lipinski definition) is 1. The van der Waals surface area contributed by atoms with Crippen molar-refractivity contribution >= 4 is 17.3 Å². The summed E-state index contributed by atoms with van der Waals surface area (Å²) in [6.07, 6.45) is 5.14. The molecule has 3 heteroatoms. The van der Waals surface area contributed by atoms with Gasteiger partial charge in [-0.2, -0.15) is 0 Å². The zero-order valence-electron chi connectivity index (χ0n) is 11.0. The van der Waals surface area contributed by atoms with E-state index in [2.05, 4.69) is 17.9 Å². The van der Waals surface area contributed by atoms with Crippen molar-refractivity contribution in [3.8, 4) is 0 Å². The van der Waals surface area contributed by atoms with Gasteiger partial charge >= 0.3 is 0 Å². The molecule has 2 nitrogen and oxygen atoms in total. The fraction of sp³-hybridized carbons (Fsp3) is 0.600. The highest BCUT2D eigenvalue weighted by Gasteiger charge is 2.20. The van der Waals surface area contributed by atoms with E-state index in [1.54, 1.807) is 0 Å². The van der Waals surface area contributed by atoms with E-state index in [1.165, 1.54) is 25.7 Å². The van der Waals surface area contributed by atoms with Crippen molar-refractivity contribution in [1.82, 2.24) is 0 Å². The van der Waals surface area contributed by atoms with E-state index in [-0.39, 0.29) is 6.61 Å². The van der Waals surface area contributed by atoms with Crippen molar-refractivity contribution in [2.24, 2.45) is 5.92 Å². The van der Waals surface area contributed by atoms with Crippen LogP contribution in [0.3, 0.4) is 0 Å². The summed E-state index contributed by atoms with van der Waals surface area (Å²) in [6.45, 7) is 4.44. The second-order valence-electron chi connectivity index (χ2n) is 5.11. The summed E-state index contributed by atoms with van der Waals surface area (Å²) >= 11 is 6.14. The SMILES string of the molecule is CCCC1CCN(c2cccc(Cl)c2CO)CC1. The lowest BCUT2D eigenvalue weighted by Gasteiger charge is -2.34. The fourth-order valence-corrected chi connectivity index (χ4v) is 3.10. The van der Waals surface area contributed by atoms with E-state index >= 15 is 0 Å². The molecule has 0 radical (unpaired) electrons. The number of nitrogens with zero attached hydrogens (tertiary/aromatic N) is 1. The van der Waals surface area contributed by atoms with Gasteiger partial charge in [0.1, 0.15) is 0 Å². The van der Waals surface area contributed by atoms with Crippen molar-refractivity contribution < 1.29 is 5.11 Å². The van der Waals surface area contributed by atoms with Gasteiger partial charge in [0.05, 0.1) is 6.61 Å². The minimum Gasteiger partial charge on any atom is -0.392 e. The summed E-state index contributed by atoms with van der Waals surface area (Å²) in [5.41, 5.74) is 1.98. The number of benzene rings is 1. The lowest BCUT2D eigenvalue weighted by atomic mass is 9.92. The molecule has 0 bridgehead atoms. The number of hydrogen-bond acceptors (Lipinski definition) is 2. The Labute approximate surface area is 115 Å². The molecule has 0 aliphatic carbocycles. The monoisotopic (exact) mass is 267 g/mol. The van der Waals surface area contributed by atoms with Crippen LogP contribution in [0.15, 0.2) is 18.2 Å². The van der Waals surface area contributed by atoms with Crippen LogP contribution in [0.4, 0.5) is 5.69 Å². The summed E-state index contributed by atoms with van der Waals surface area (Å²) in [6, 6.07) is 5.88. The zero-order valence-corrected chi connectivity index (χ0v) is 11.8. The highest BCUT2D eigenvalue weighted by molar-refractivity contribution is 6.31. The first kappa shape index (κ1) is 13.7. The molecule has 18 heavy (non-hydrogen) atoms. The molecule has 1 aromatic carbocycles. The second-order valence-corrected chi connectivity index (χ2v) is 5.52. The maximum absolute atomic E-state index is 9.46. The first-order valence-electron chi connectivity index (χ1n) is 6.89. The van der Waals surface area contributed by atoms with Gasteiger partial charge in [0.2, 0.25) is 0 Å². The Hall–Kier alpha value is -0.730. The van der Waals surface area contributed by atoms with Crippen molar-refractivity contribution in [1.29, 1.82) is 0 Å². The lowest BCUT2D eigenvalue weighted by Crippen LogP contribution is -2.34. The number of anilines is 1. The van der Waals surface area contributed by atoms with E-state index in [0.717, 1.165) is 30.3 Å². The van der Waals surface area contributed by atoms with Gasteiger partial charge in [-0.05, 0) is 30.9 Å². The molecule has 2 rings (SSSR count). The van der Waals surface area contributed by atoms with Crippen molar-refractivity contribution in [3.63, 3.8) is 0 Å². The molecule has 0 aromatic heterocycles. The van der Waals surface area contributed by atoms with E-state index in [1.807, 2.05) is 12.1 Å². The highest BCUT2D eigenvalue weighted by Crippen LogP contribution is 2.31. The molecule has 1 aromatic rings. The Morgan fingerprint density at radius 2 is 2.06 bits per heavy atom. The molecule has 1 N–H and O–H groups in total. The molecule has 1 aliphatic heterocycles. The van der Waals surface area contributed by atoms with E-state index in [4.69, 9.17) is 11.6 Å². The van der Waals surface area contributed by atoms with Crippen LogP contribution in [0, 0.1) is 5.92 Å². The maximum Gasteiger partial charge on any atom is 0.0716 e. The molecule has 0 spiro atoms. The third-order valence-electron chi connectivity index (χ3n) is 3.90. The number of piperidine rings is 1. The lowest BCUT2D eigenvalue weighted by molar-refractivity contribution is 0.281. The summed E-state index contributed by atoms with van der Waals surface area (Å²) in [7, 11) is 0. The van der Waals surface area contributed by atoms with Crippen molar-refractivity contribution in [2.75, 3.05) is 18.0 Å². The average molecular weight is 268 g/mol. The van der Waals surface area contributed by atoms with E-state index in [0.29, 0.717) is 5.02 Å². The normalized spacial score (nSPS) is 17.2. The minimum atomic E-state index is 0.0178. The Bertz CT molecular complexity index is 386. The molecule has 1 fully saturated rings. The predicted molar refractivity (Wildman–Crippen MR) is 77.2 cm³/mol. The highest BCUT2D eigenvalue weighted by atomic mass is 35.5. The Morgan fingerprint density at radius 3 is 2.67 bits per heavy atom. The quantitative estimate of drug-likeness (QED) is 0.896. The van der Waals surface area contributed by atoms with Gasteiger partial charge in [-0.3, -0.25) is 0 Å². The topological polar surface area (TPSA) is 23.5 Å². The fourth-order valence-electron chi connectivity index (χ4n) is 2.87. The maximum atomic E-state index is 9.46. The third-order valence-corrected chi connectivity index (χ3v) is 4.26. The molecule has 0 unspecified atom stereocenters. The number of rotatable bonds is 4. The standard InChI is InChI=1S/C15H22ClNO/c1-2-4-12-7-9-17(10-8-12)15-6-3-5-14(16)13(15)11-18/h3,5-6,12,18H,2,4,7-11H2,1H3. The molecule has 1 saturated heterocycles. The van der Waals surface area contributed by atoms with Gasteiger partial charge in [0, 0.05) is 29.4 Å². The first-order chi connectivity index (χ1) is 8.76. The molecule has 0 atom stereocenters. The van der Waals surface area contributed by atoms with E-state index < -0.39 is 0 Å². The summed E-state index contributed by atoms with van der Waals surface area (Å²) < 4.78 is 0. The summed E-state index contributed by atoms with van der Waals surface area (Å²) in [4.78, 5) is 2.36. The van der Waals surface area contributed by atoms with Gasteiger partial charge in [0.15, 0.2) is 0 Å². The van der Waals surface area contributed by atoms with Crippen LogP contribution in [0.5, 0.6) is 0 Å². The molecule has 100 valence electrons. The van der Waals surface area contributed by atoms with Gasteiger partial charge in [-0.1, -0.05) is 37.4 Å². The Kier molecular flexibility index (Phi) is 4.90. The van der Waals surface area contributed by atoms with E-state index in [9.17, 15) is 5.11 Å². The largest absolute Gasteiger partial charge is 0.392 e. The van der Waals surface area contributed by atoms with Crippen LogP contribution in [0.25, 0.3) is 0 Å². The van der Waals surface area contributed by atoms with Crippen LogP contribution < -0.4 is 4.90 Å². The summed E-state index contributed by atoms with van der Waals surface area (Å²) in [5, 5.41) is 10.1. The van der Waals surface area contributed by atoms with Crippen molar-refractivity contribution in [3.05, 3.63) is 28.8 Å². The van der Waals surface area contributed by atoms with Gasteiger partial charge in [-0.25, -0.2) is 0 Å². The molecule has 0 saturated carbocycles. The smallest absolute Gasteiger partial charge is 0.0716 e. The van der Waals surface area contributed by atoms with Crippen molar-refractivity contribution in [2.45, 2.75) is 39.2 Å². The first-order valence-corrected chi connectivity index (χ1v) is 7.27. The minimum absolute atomic E-state index is 0.0178. The van der Waals surface area contributed by atoms with Crippen LogP contribution >= 0.6 is 11.6 Å². The zero-order chi connectivity index (χ0) is 13.0. The van der Waals surface area contributed by atoms with Gasteiger partial charge in [-0.15, -0.1) is 0 Å². The molecule has 0 amide bonds. The van der Waals surface area contributed by atoms with Crippen LogP contribution in [0.2, 0.25) is 5.02 Å². The molecular formula is C15H22ClNO. The molecular weight excluding hydrogens is 246 g/mol. The molecule has 1 heterocycles. The predicted octanol–water partition coefficient (Wildman–Crippen LogP) is 3.85. The second kappa shape index (κ2) is 6.44. The van der Waals surface area contributed by atoms with Crippen LogP contribution in [-0.2, 0) is 6.61 Å². The van der Waals surface area contributed by atoms with Crippen LogP contribution in [0.1, 0.15) is 38.2 Å². The van der Waals surface area contributed by atoms with Crippen LogP contribution in [-0.4, -0.2) is 18.2 Å². The van der Waals surface area contributed by atoms with Gasteiger partial charge < -0.3 is 10.0 Å². The average Bonchev–Trinajstić information content (AvgIpc) is 2.40. The Morgan fingerprint density at radius 1 is 1.33 bits per heavy atom. The number of aliphatic hydroxyl groups excluding tert-OH is 1. The Balaban J connectivity index is 2.07. The summed E-state index contributed by atoms with van der Waals surface area (Å²) in [5.74, 6) is 0.878. The third kappa shape index (κ3) is 2.99. The van der Waals surface area contributed by atoms with Gasteiger partial charge in [0.25, 0.3) is 0 Å². The number of aliphatic hydroxyl groups is 1.